The lowest BCUT2D eigenvalue weighted by Crippen LogP contribution is -2.23. The highest BCUT2D eigenvalue weighted by molar-refractivity contribution is 5.02. The molecule has 0 bridgehead atoms. The van der Waals surface area contributed by atoms with Gasteiger partial charge in [0.05, 0.1) is 6.04 Å². The molecule has 0 aliphatic carbocycles. The van der Waals surface area contributed by atoms with Crippen LogP contribution in [0.4, 0.5) is 0 Å². The molecule has 0 saturated carbocycles. The highest BCUT2D eigenvalue weighted by Crippen LogP contribution is 1.94. The number of aromatic amines is 1. The number of aryl methyl sites for hydroxylation is 1. The van der Waals surface area contributed by atoms with E-state index in [1.807, 2.05) is 20.0 Å². The smallest absolute Gasteiger partial charge is 0.103 e. The molecule has 3 heteroatoms. The standard InChI is InChI=1S/C9H13N3/c1-4-7(2)10-5-9-6-11-8(3)12-9/h1,6-7,10H,5H2,2-3H3,(H,11,12). The first-order chi connectivity index (χ1) is 5.72. The van der Waals surface area contributed by atoms with Gasteiger partial charge in [0.15, 0.2) is 0 Å². The topological polar surface area (TPSA) is 40.7 Å². The van der Waals surface area contributed by atoms with Crippen LogP contribution in [0.25, 0.3) is 0 Å². The van der Waals surface area contributed by atoms with Gasteiger partial charge in [-0.05, 0) is 13.8 Å². The number of rotatable bonds is 3. The number of nitrogens with one attached hydrogen (secondary N) is 2. The van der Waals surface area contributed by atoms with Crippen molar-refractivity contribution in [2.24, 2.45) is 0 Å². The van der Waals surface area contributed by atoms with Gasteiger partial charge in [-0.25, -0.2) is 4.98 Å². The molecule has 0 radical (unpaired) electrons. The summed E-state index contributed by atoms with van der Waals surface area (Å²) in [4.78, 5) is 7.19. The third-order valence-electron chi connectivity index (χ3n) is 1.60. The zero-order chi connectivity index (χ0) is 8.97. The van der Waals surface area contributed by atoms with Crippen LogP contribution < -0.4 is 5.32 Å². The molecule has 1 aromatic heterocycles. The molecule has 3 nitrogen and oxygen atoms in total. The molecular weight excluding hydrogens is 150 g/mol. The molecule has 64 valence electrons. The molecule has 0 aliphatic heterocycles. The fourth-order valence-electron chi connectivity index (χ4n) is 0.883. The number of terminal acetylenes is 1. The molecule has 0 aliphatic rings. The van der Waals surface area contributed by atoms with Crippen LogP contribution in [0.5, 0.6) is 0 Å². The number of hydrogen-bond donors (Lipinski definition) is 2. The Morgan fingerprint density at radius 1 is 1.83 bits per heavy atom. The average Bonchev–Trinajstić information content (AvgIpc) is 2.47. The summed E-state index contributed by atoms with van der Waals surface area (Å²) in [6, 6.07) is 0.105. The van der Waals surface area contributed by atoms with Gasteiger partial charge in [0.1, 0.15) is 5.82 Å². The van der Waals surface area contributed by atoms with E-state index >= 15 is 0 Å². The van der Waals surface area contributed by atoms with Crippen molar-refractivity contribution in [3.8, 4) is 12.3 Å². The summed E-state index contributed by atoms with van der Waals surface area (Å²) in [7, 11) is 0. The molecule has 0 fully saturated rings. The lowest BCUT2D eigenvalue weighted by molar-refractivity contribution is 0.639. The van der Waals surface area contributed by atoms with Gasteiger partial charge < -0.3 is 4.98 Å². The van der Waals surface area contributed by atoms with Crippen LogP contribution in [0.1, 0.15) is 18.4 Å². The maximum Gasteiger partial charge on any atom is 0.103 e. The van der Waals surface area contributed by atoms with Crippen molar-refractivity contribution in [3.05, 3.63) is 17.7 Å². The van der Waals surface area contributed by atoms with Crippen LogP contribution in [0, 0.1) is 19.3 Å². The minimum atomic E-state index is 0.105. The molecule has 2 N–H and O–H groups in total. The average molecular weight is 163 g/mol. The van der Waals surface area contributed by atoms with Gasteiger partial charge in [0.25, 0.3) is 0 Å². The SMILES string of the molecule is C#CC(C)NCc1cnc(C)[nH]1. The molecule has 1 rings (SSSR count). The third-order valence-corrected chi connectivity index (χ3v) is 1.60. The predicted octanol–water partition coefficient (Wildman–Crippen LogP) is 0.829. The van der Waals surface area contributed by atoms with Gasteiger partial charge in [-0.3, -0.25) is 5.32 Å². The number of H-pyrrole nitrogens is 1. The quantitative estimate of drug-likeness (QED) is 0.648. The monoisotopic (exact) mass is 163 g/mol. The maximum absolute atomic E-state index is 5.20. The summed E-state index contributed by atoms with van der Waals surface area (Å²) in [6.45, 7) is 4.61. The van der Waals surface area contributed by atoms with E-state index in [-0.39, 0.29) is 6.04 Å². The van der Waals surface area contributed by atoms with Crippen molar-refractivity contribution in [3.63, 3.8) is 0 Å². The van der Waals surface area contributed by atoms with E-state index in [0.29, 0.717) is 0 Å². The number of imidazole rings is 1. The van der Waals surface area contributed by atoms with Gasteiger partial charge in [-0.2, -0.15) is 0 Å². The van der Waals surface area contributed by atoms with Gasteiger partial charge >= 0.3 is 0 Å². The minimum absolute atomic E-state index is 0.105. The van der Waals surface area contributed by atoms with E-state index in [1.165, 1.54) is 0 Å². The zero-order valence-electron chi connectivity index (χ0n) is 7.39. The molecule has 0 amide bonds. The minimum Gasteiger partial charge on any atom is -0.345 e. The molecule has 1 unspecified atom stereocenters. The number of nitrogens with zero attached hydrogens (tertiary/aromatic N) is 1. The molecule has 0 spiro atoms. The van der Waals surface area contributed by atoms with Crippen molar-refractivity contribution in [2.75, 3.05) is 0 Å². The summed E-state index contributed by atoms with van der Waals surface area (Å²) in [5.74, 6) is 3.53. The summed E-state index contributed by atoms with van der Waals surface area (Å²) >= 11 is 0. The normalized spacial score (nSPS) is 12.4. The molecule has 1 atom stereocenters. The Labute approximate surface area is 72.6 Å². The van der Waals surface area contributed by atoms with Crippen molar-refractivity contribution < 1.29 is 0 Å². The lowest BCUT2D eigenvalue weighted by Gasteiger charge is -2.04. The van der Waals surface area contributed by atoms with Crippen LogP contribution in [0.3, 0.4) is 0 Å². The van der Waals surface area contributed by atoms with Crippen molar-refractivity contribution >= 4 is 0 Å². The molecule has 0 aromatic carbocycles. The molecule has 1 aromatic rings. The van der Waals surface area contributed by atoms with E-state index in [9.17, 15) is 0 Å². The Kier molecular flexibility index (Phi) is 2.89. The van der Waals surface area contributed by atoms with Crippen molar-refractivity contribution in [1.82, 2.24) is 15.3 Å². The highest BCUT2D eigenvalue weighted by Gasteiger charge is 1.98. The number of hydrogen-bond acceptors (Lipinski definition) is 2. The van der Waals surface area contributed by atoms with E-state index in [1.54, 1.807) is 0 Å². The van der Waals surface area contributed by atoms with Crippen LogP contribution in [0.2, 0.25) is 0 Å². The second-order valence-electron chi connectivity index (χ2n) is 2.76. The van der Waals surface area contributed by atoms with E-state index < -0.39 is 0 Å². The first-order valence-corrected chi connectivity index (χ1v) is 3.92. The first-order valence-electron chi connectivity index (χ1n) is 3.92. The van der Waals surface area contributed by atoms with Gasteiger partial charge in [-0.15, -0.1) is 6.42 Å². The second kappa shape index (κ2) is 3.93. The van der Waals surface area contributed by atoms with Crippen molar-refractivity contribution in [2.45, 2.75) is 26.4 Å². The van der Waals surface area contributed by atoms with E-state index in [0.717, 1.165) is 18.1 Å². The predicted molar refractivity (Wildman–Crippen MR) is 48.5 cm³/mol. The second-order valence-corrected chi connectivity index (χ2v) is 2.76. The number of aromatic nitrogens is 2. The molecule has 12 heavy (non-hydrogen) atoms. The summed E-state index contributed by atoms with van der Waals surface area (Å²) in [5.41, 5.74) is 1.06. The fraction of sp³-hybridized carbons (Fsp3) is 0.444. The maximum atomic E-state index is 5.20. The molecule has 0 saturated heterocycles. The van der Waals surface area contributed by atoms with Gasteiger partial charge in [-0.1, -0.05) is 5.92 Å². The Bertz CT molecular complexity index is 282. The zero-order valence-corrected chi connectivity index (χ0v) is 7.39. The first kappa shape index (κ1) is 8.82. The van der Waals surface area contributed by atoms with E-state index in [4.69, 9.17) is 6.42 Å². The Morgan fingerprint density at radius 2 is 2.58 bits per heavy atom. The van der Waals surface area contributed by atoms with Crippen LogP contribution >= 0.6 is 0 Å². The lowest BCUT2D eigenvalue weighted by atomic mass is 10.3. The summed E-state index contributed by atoms with van der Waals surface area (Å²) in [5, 5.41) is 3.15. The summed E-state index contributed by atoms with van der Waals surface area (Å²) in [6.07, 6.45) is 7.01. The van der Waals surface area contributed by atoms with Gasteiger partial charge in [0.2, 0.25) is 0 Å². The van der Waals surface area contributed by atoms with Gasteiger partial charge in [0, 0.05) is 18.4 Å². The molecule has 1 heterocycles. The van der Waals surface area contributed by atoms with Crippen LogP contribution in [-0.2, 0) is 6.54 Å². The fourth-order valence-corrected chi connectivity index (χ4v) is 0.883. The van der Waals surface area contributed by atoms with E-state index in [2.05, 4.69) is 21.2 Å². The highest BCUT2D eigenvalue weighted by atomic mass is 15.0. The van der Waals surface area contributed by atoms with Crippen LogP contribution in [0.15, 0.2) is 6.20 Å². The Hall–Kier alpha value is -1.27. The molecular formula is C9H13N3. The third kappa shape index (κ3) is 2.40. The Morgan fingerprint density at radius 3 is 3.08 bits per heavy atom. The summed E-state index contributed by atoms with van der Waals surface area (Å²) < 4.78 is 0. The largest absolute Gasteiger partial charge is 0.345 e. The van der Waals surface area contributed by atoms with Crippen molar-refractivity contribution in [1.29, 1.82) is 0 Å². The Balaban J connectivity index is 2.39. The van der Waals surface area contributed by atoms with Crippen LogP contribution in [-0.4, -0.2) is 16.0 Å².